The van der Waals surface area contributed by atoms with Crippen molar-refractivity contribution in [1.82, 2.24) is 20.1 Å². The smallest absolute Gasteiger partial charge is 0.247 e. The van der Waals surface area contributed by atoms with E-state index >= 15 is 0 Å². The second-order valence-electron chi connectivity index (χ2n) is 5.27. The van der Waals surface area contributed by atoms with E-state index in [0.29, 0.717) is 43.0 Å². The summed E-state index contributed by atoms with van der Waals surface area (Å²) >= 11 is 5.88. The average molecular weight is 333 g/mol. The molecule has 3 rings (SSSR count). The van der Waals surface area contributed by atoms with Crippen LogP contribution in [0.1, 0.15) is 6.92 Å². The highest BCUT2D eigenvalue weighted by Crippen LogP contribution is 2.18. The third-order valence-electron chi connectivity index (χ3n) is 3.67. The van der Waals surface area contributed by atoms with Crippen LogP contribution in [0.25, 0.3) is 0 Å². The molecule has 2 heterocycles. The lowest BCUT2D eigenvalue weighted by Crippen LogP contribution is -2.48. The molecule has 1 amide bonds. The quantitative estimate of drug-likeness (QED) is 0.926. The van der Waals surface area contributed by atoms with E-state index in [2.05, 4.69) is 20.5 Å². The van der Waals surface area contributed by atoms with Crippen LogP contribution in [0.2, 0.25) is 5.02 Å². The van der Waals surface area contributed by atoms with E-state index in [9.17, 15) is 4.79 Å². The summed E-state index contributed by atoms with van der Waals surface area (Å²) in [5.41, 5.74) is 0.877. The fourth-order valence-electron chi connectivity index (χ4n) is 2.39. The van der Waals surface area contributed by atoms with Crippen molar-refractivity contribution in [3.8, 4) is 0 Å². The van der Waals surface area contributed by atoms with Gasteiger partial charge in [-0.2, -0.15) is 10.1 Å². The second-order valence-corrected chi connectivity index (χ2v) is 5.70. The molecule has 0 atom stereocenters. The highest BCUT2D eigenvalue weighted by molar-refractivity contribution is 6.30. The van der Waals surface area contributed by atoms with Crippen molar-refractivity contribution in [3.05, 3.63) is 35.5 Å². The molecule has 1 saturated heterocycles. The van der Waals surface area contributed by atoms with Crippen molar-refractivity contribution in [2.24, 2.45) is 0 Å². The number of nitrogens with one attached hydrogen (secondary N) is 1. The van der Waals surface area contributed by atoms with Gasteiger partial charge in [-0.1, -0.05) is 11.6 Å². The van der Waals surface area contributed by atoms with E-state index in [1.165, 1.54) is 0 Å². The number of halogens is 1. The first-order chi connectivity index (χ1) is 11.1. The fraction of sp³-hybridized carbons (Fsp3) is 0.333. The summed E-state index contributed by atoms with van der Waals surface area (Å²) in [5.74, 6) is 1.28. The number of carbonyl (C=O) groups is 1. The molecule has 1 aliphatic rings. The Morgan fingerprint density at radius 1 is 1.17 bits per heavy atom. The topological polar surface area (TPSA) is 74.2 Å². The van der Waals surface area contributed by atoms with Crippen LogP contribution in [0, 0.1) is 0 Å². The molecule has 1 N–H and O–H groups in total. The van der Waals surface area contributed by atoms with Gasteiger partial charge in [-0.3, -0.25) is 4.79 Å². The number of hydrogen-bond acceptors (Lipinski definition) is 6. The summed E-state index contributed by atoms with van der Waals surface area (Å²) in [7, 11) is 0. The van der Waals surface area contributed by atoms with E-state index in [-0.39, 0.29) is 5.91 Å². The molecule has 1 fully saturated rings. The van der Waals surface area contributed by atoms with Crippen molar-refractivity contribution >= 4 is 35.0 Å². The third-order valence-corrected chi connectivity index (χ3v) is 3.92. The molecule has 1 aliphatic heterocycles. The molecule has 0 aliphatic carbocycles. The van der Waals surface area contributed by atoms with Crippen LogP contribution in [-0.4, -0.2) is 52.2 Å². The van der Waals surface area contributed by atoms with Gasteiger partial charge in [0.25, 0.3) is 0 Å². The molecule has 0 bridgehead atoms. The van der Waals surface area contributed by atoms with Gasteiger partial charge in [-0.05, 0) is 24.3 Å². The highest BCUT2D eigenvalue weighted by Gasteiger charge is 2.20. The van der Waals surface area contributed by atoms with Gasteiger partial charge >= 0.3 is 0 Å². The van der Waals surface area contributed by atoms with Crippen LogP contribution in [0.5, 0.6) is 0 Å². The zero-order valence-electron chi connectivity index (χ0n) is 12.7. The largest absolute Gasteiger partial charge is 0.339 e. The Hall–Kier alpha value is -2.41. The minimum absolute atomic E-state index is 0.0989. The van der Waals surface area contributed by atoms with Gasteiger partial charge < -0.3 is 15.1 Å². The Bertz CT molecular complexity index is 685. The number of piperazine rings is 1. The predicted molar refractivity (Wildman–Crippen MR) is 89.0 cm³/mol. The Morgan fingerprint density at radius 2 is 1.87 bits per heavy atom. The molecule has 1 aromatic heterocycles. The zero-order chi connectivity index (χ0) is 16.2. The Morgan fingerprint density at radius 3 is 2.52 bits per heavy atom. The summed E-state index contributed by atoms with van der Waals surface area (Å²) in [4.78, 5) is 19.7. The Kier molecular flexibility index (Phi) is 4.57. The van der Waals surface area contributed by atoms with E-state index in [0.717, 1.165) is 5.69 Å². The van der Waals surface area contributed by atoms with Crippen LogP contribution in [0.4, 0.5) is 17.5 Å². The standard InChI is InChI=1S/C15H17ClN6O/c1-11(23)21-6-8-22(9-7-21)15-19-14(10-17-20-15)18-13-4-2-12(16)3-5-13/h2-5,10H,6-9H2,1H3,(H,18,19,20). The number of carbonyl (C=O) groups excluding carboxylic acids is 1. The van der Waals surface area contributed by atoms with E-state index < -0.39 is 0 Å². The average Bonchev–Trinajstić information content (AvgIpc) is 2.57. The molecule has 0 saturated carbocycles. The Balaban J connectivity index is 1.68. The maximum Gasteiger partial charge on any atom is 0.247 e. The molecule has 23 heavy (non-hydrogen) atoms. The Labute approximate surface area is 139 Å². The zero-order valence-corrected chi connectivity index (χ0v) is 13.5. The first-order valence-electron chi connectivity index (χ1n) is 7.34. The number of anilines is 3. The first-order valence-corrected chi connectivity index (χ1v) is 7.72. The van der Waals surface area contributed by atoms with Gasteiger partial charge in [-0.15, -0.1) is 5.10 Å². The van der Waals surface area contributed by atoms with Gasteiger partial charge in [-0.25, -0.2) is 0 Å². The second kappa shape index (κ2) is 6.78. The van der Waals surface area contributed by atoms with Crippen molar-refractivity contribution in [3.63, 3.8) is 0 Å². The van der Waals surface area contributed by atoms with Crippen LogP contribution in [0.15, 0.2) is 30.5 Å². The summed E-state index contributed by atoms with van der Waals surface area (Å²) < 4.78 is 0. The van der Waals surface area contributed by atoms with E-state index in [4.69, 9.17) is 11.6 Å². The highest BCUT2D eigenvalue weighted by atomic mass is 35.5. The predicted octanol–water partition coefficient (Wildman–Crippen LogP) is 1.94. The summed E-state index contributed by atoms with van der Waals surface area (Å²) in [6.07, 6.45) is 1.57. The molecule has 120 valence electrons. The van der Waals surface area contributed by atoms with Crippen LogP contribution >= 0.6 is 11.6 Å². The van der Waals surface area contributed by atoms with Crippen molar-refractivity contribution in [2.45, 2.75) is 6.92 Å². The van der Waals surface area contributed by atoms with Crippen LogP contribution < -0.4 is 10.2 Å². The lowest BCUT2D eigenvalue weighted by molar-refractivity contribution is -0.129. The first kappa shape index (κ1) is 15.5. The van der Waals surface area contributed by atoms with Gasteiger partial charge in [0.2, 0.25) is 11.9 Å². The number of amides is 1. The number of hydrogen-bond donors (Lipinski definition) is 1. The summed E-state index contributed by atoms with van der Waals surface area (Å²) in [6.45, 7) is 4.34. The number of rotatable bonds is 3. The molecular weight excluding hydrogens is 316 g/mol. The summed E-state index contributed by atoms with van der Waals surface area (Å²) in [5, 5.41) is 11.9. The normalized spacial score (nSPS) is 14.7. The molecule has 0 unspecified atom stereocenters. The molecule has 0 spiro atoms. The number of aromatic nitrogens is 3. The van der Waals surface area contributed by atoms with E-state index in [1.807, 2.05) is 21.9 Å². The van der Waals surface area contributed by atoms with Crippen LogP contribution in [0.3, 0.4) is 0 Å². The SMILES string of the molecule is CC(=O)N1CCN(c2nncc(Nc3ccc(Cl)cc3)n2)CC1. The van der Waals surface area contributed by atoms with Crippen LogP contribution in [-0.2, 0) is 4.79 Å². The van der Waals surface area contributed by atoms with Crippen molar-refractivity contribution in [2.75, 3.05) is 36.4 Å². The van der Waals surface area contributed by atoms with Gasteiger partial charge in [0.1, 0.15) is 0 Å². The monoisotopic (exact) mass is 332 g/mol. The lowest BCUT2D eigenvalue weighted by atomic mass is 10.3. The molecule has 0 radical (unpaired) electrons. The fourth-order valence-corrected chi connectivity index (χ4v) is 2.52. The van der Waals surface area contributed by atoms with Gasteiger partial charge in [0, 0.05) is 43.8 Å². The summed E-state index contributed by atoms with van der Waals surface area (Å²) in [6, 6.07) is 7.35. The van der Waals surface area contributed by atoms with E-state index in [1.54, 1.807) is 25.3 Å². The molecule has 8 heteroatoms. The number of benzene rings is 1. The lowest BCUT2D eigenvalue weighted by Gasteiger charge is -2.33. The molecule has 2 aromatic rings. The van der Waals surface area contributed by atoms with Crippen molar-refractivity contribution < 1.29 is 4.79 Å². The maximum absolute atomic E-state index is 11.4. The van der Waals surface area contributed by atoms with Gasteiger partial charge in [0.05, 0.1) is 6.20 Å². The van der Waals surface area contributed by atoms with Gasteiger partial charge in [0.15, 0.2) is 5.82 Å². The molecule has 7 nitrogen and oxygen atoms in total. The third kappa shape index (κ3) is 3.87. The maximum atomic E-state index is 11.4. The van der Waals surface area contributed by atoms with Crippen molar-refractivity contribution in [1.29, 1.82) is 0 Å². The minimum Gasteiger partial charge on any atom is -0.339 e. The molecule has 1 aromatic carbocycles. The molecular formula is C15H17ClN6O. The number of nitrogens with zero attached hydrogens (tertiary/aromatic N) is 5. The minimum atomic E-state index is 0.0989.